The van der Waals surface area contributed by atoms with Crippen LogP contribution in [0.4, 0.5) is 0 Å². The summed E-state index contributed by atoms with van der Waals surface area (Å²) < 4.78 is 7.52. The second kappa shape index (κ2) is 1.24. The molecular formula is C7H12. The first-order valence-electron chi connectivity index (χ1n) is 3.86. The average molecular weight is 97.2 g/mol. The molecule has 0 aliphatic heterocycles. The molecule has 7 heavy (non-hydrogen) atoms. The summed E-state index contributed by atoms with van der Waals surface area (Å²) in [5.74, 6) is 1.77. The van der Waals surface area contributed by atoms with Crippen LogP contribution in [0.25, 0.3) is 0 Å². The quantitative estimate of drug-likeness (QED) is 0.434. The molecule has 2 rings (SSSR count). The van der Waals surface area contributed by atoms with E-state index >= 15 is 0 Å². The van der Waals surface area contributed by atoms with E-state index in [9.17, 15) is 0 Å². The molecule has 0 aromatic heterocycles. The van der Waals surface area contributed by atoms with Crippen LogP contribution in [-0.4, -0.2) is 0 Å². The van der Waals surface area contributed by atoms with E-state index in [4.69, 9.17) is 1.37 Å². The molecule has 0 N–H and O–H groups in total. The summed E-state index contributed by atoms with van der Waals surface area (Å²) in [6, 6.07) is 0. The highest BCUT2D eigenvalue weighted by molar-refractivity contribution is 4.82. The lowest BCUT2D eigenvalue weighted by Crippen LogP contribution is -1.90. The topological polar surface area (TPSA) is 0 Å². The molecule has 3 atom stereocenters. The third-order valence-corrected chi connectivity index (χ3v) is 2.38. The largest absolute Gasteiger partial charge is 0.0502 e. The van der Waals surface area contributed by atoms with E-state index in [0.717, 1.165) is 11.8 Å². The van der Waals surface area contributed by atoms with E-state index in [1.165, 1.54) is 25.7 Å². The molecule has 0 radical (unpaired) electrons. The van der Waals surface area contributed by atoms with Gasteiger partial charge in [0.25, 0.3) is 0 Å². The fourth-order valence-electron chi connectivity index (χ4n) is 1.93. The Hall–Kier alpha value is 0. The summed E-state index contributed by atoms with van der Waals surface area (Å²) in [6.07, 6.45) is 5.71. The first-order valence-corrected chi connectivity index (χ1v) is 3.28. The zero-order valence-electron chi connectivity index (χ0n) is 5.56. The number of rotatable bonds is 0. The first kappa shape index (κ1) is 3.11. The molecular weight excluding hydrogens is 84.1 g/mol. The van der Waals surface area contributed by atoms with Crippen LogP contribution < -0.4 is 0 Å². The Bertz CT molecular complexity index is 98.6. The predicted octanol–water partition coefficient (Wildman–Crippen LogP) is 2.20. The summed E-state index contributed by atoms with van der Waals surface area (Å²) in [7, 11) is 0. The minimum atomic E-state index is 0.328. The summed E-state index contributed by atoms with van der Waals surface area (Å²) in [5, 5.41) is 0. The van der Waals surface area contributed by atoms with Gasteiger partial charge in [-0.2, -0.15) is 0 Å². The molecule has 2 aliphatic carbocycles. The van der Waals surface area contributed by atoms with Crippen LogP contribution in [0, 0.1) is 11.8 Å². The van der Waals surface area contributed by atoms with E-state index < -0.39 is 0 Å². The van der Waals surface area contributed by atoms with Gasteiger partial charge in [-0.05, 0) is 18.3 Å². The molecule has 0 spiro atoms. The molecule has 2 saturated carbocycles. The van der Waals surface area contributed by atoms with Gasteiger partial charge in [-0.1, -0.05) is 25.7 Å². The van der Waals surface area contributed by atoms with Gasteiger partial charge in [0.15, 0.2) is 0 Å². The van der Waals surface area contributed by atoms with Crippen molar-refractivity contribution in [3.8, 4) is 0 Å². The van der Waals surface area contributed by atoms with Crippen molar-refractivity contribution in [2.45, 2.75) is 32.1 Å². The Labute approximate surface area is 46.3 Å². The first-order chi connectivity index (χ1) is 3.86. The smallest absolute Gasteiger partial charge is 0.0269 e. The van der Waals surface area contributed by atoms with Crippen LogP contribution in [0.15, 0.2) is 0 Å². The van der Waals surface area contributed by atoms with E-state index in [0.29, 0.717) is 6.40 Å². The van der Waals surface area contributed by atoms with E-state index in [1.54, 1.807) is 0 Å². The number of hydrogen-bond acceptors (Lipinski definition) is 0. The van der Waals surface area contributed by atoms with Gasteiger partial charge in [0.2, 0.25) is 0 Å². The summed E-state index contributed by atoms with van der Waals surface area (Å²) >= 11 is 0. The van der Waals surface area contributed by atoms with Gasteiger partial charge in [-0.3, -0.25) is 0 Å². The normalized spacial score (nSPS) is 60.6. The van der Waals surface area contributed by atoms with Crippen LogP contribution in [0.3, 0.4) is 0 Å². The van der Waals surface area contributed by atoms with Crippen molar-refractivity contribution in [2.24, 2.45) is 11.8 Å². The van der Waals surface area contributed by atoms with Crippen LogP contribution in [0.5, 0.6) is 0 Å². The molecule has 2 fully saturated rings. The Morgan fingerprint density at radius 2 is 2.00 bits per heavy atom. The molecule has 0 amide bonds. The van der Waals surface area contributed by atoms with Gasteiger partial charge in [-0.15, -0.1) is 0 Å². The molecule has 0 aromatic carbocycles. The van der Waals surface area contributed by atoms with Crippen molar-refractivity contribution in [1.29, 1.82) is 0 Å². The van der Waals surface area contributed by atoms with Crippen molar-refractivity contribution in [1.82, 2.24) is 0 Å². The summed E-state index contributed by atoms with van der Waals surface area (Å²) in [5.41, 5.74) is 0. The lowest BCUT2D eigenvalue weighted by Gasteiger charge is -2.05. The van der Waals surface area contributed by atoms with E-state index in [1.807, 2.05) is 0 Å². The maximum Gasteiger partial charge on any atom is 0.0269 e. The van der Waals surface area contributed by atoms with Crippen molar-refractivity contribution in [3.63, 3.8) is 0 Å². The van der Waals surface area contributed by atoms with Crippen molar-refractivity contribution in [3.05, 3.63) is 0 Å². The Kier molecular flexibility index (Phi) is 0.551. The average Bonchev–Trinajstić information content (AvgIpc) is 2.23. The van der Waals surface area contributed by atoms with Crippen molar-refractivity contribution in [2.75, 3.05) is 0 Å². The molecule has 2 aliphatic rings. The maximum atomic E-state index is 7.52. The summed E-state index contributed by atoms with van der Waals surface area (Å²) in [6.45, 7) is 0. The lowest BCUT2D eigenvalue weighted by atomic mass is 10.0. The third kappa shape index (κ3) is 0.490. The van der Waals surface area contributed by atoms with Crippen LogP contribution >= 0.6 is 0 Å². The van der Waals surface area contributed by atoms with Gasteiger partial charge < -0.3 is 0 Å². The van der Waals surface area contributed by atoms with E-state index in [-0.39, 0.29) is 0 Å². The molecule has 2 bridgehead atoms. The Balaban J connectivity index is 2.11. The van der Waals surface area contributed by atoms with E-state index in [2.05, 4.69) is 0 Å². The maximum absolute atomic E-state index is 7.52. The van der Waals surface area contributed by atoms with Crippen molar-refractivity contribution < 1.29 is 1.37 Å². The highest BCUT2D eigenvalue weighted by Gasteiger charge is 2.30. The second-order valence-electron chi connectivity index (χ2n) is 2.91. The SMILES string of the molecule is [2H][C@H]1C[C@H]2CC[C@@H]1C2. The molecule has 0 aromatic rings. The van der Waals surface area contributed by atoms with Gasteiger partial charge >= 0.3 is 0 Å². The van der Waals surface area contributed by atoms with Crippen LogP contribution in [0.1, 0.15) is 33.5 Å². The van der Waals surface area contributed by atoms with Crippen LogP contribution in [-0.2, 0) is 0 Å². The van der Waals surface area contributed by atoms with Gasteiger partial charge in [-0.25, -0.2) is 0 Å². The highest BCUT2D eigenvalue weighted by atomic mass is 14.4. The monoisotopic (exact) mass is 97.1 g/mol. The van der Waals surface area contributed by atoms with Gasteiger partial charge in [0.1, 0.15) is 0 Å². The highest BCUT2D eigenvalue weighted by Crippen LogP contribution is 2.43. The zero-order valence-corrected chi connectivity index (χ0v) is 4.56. The van der Waals surface area contributed by atoms with Gasteiger partial charge in [0, 0.05) is 1.37 Å². The minimum absolute atomic E-state index is 0.328. The molecule has 0 unspecified atom stereocenters. The lowest BCUT2D eigenvalue weighted by molar-refractivity contribution is 0.480. The second-order valence-corrected chi connectivity index (χ2v) is 2.91. The minimum Gasteiger partial charge on any atom is -0.0502 e. The molecule has 0 heteroatoms. The zero-order chi connectivity index (χ0) is 5.56. The molecule has 40 valence electrons. The number of fused-ring (bicyclic) bond motifs is 2. The Morgan fingerprint density at radius 1 is 1.14 bits per heavy atom. The molecule has 0 nitrogen and oxygen atoms in total. The Morgan fingerprint density at radius 3 is 2.29 bits per heavy atom. The van der Waals surface area contributed by atoms with Crippen LogP contribution in [0.2, 0.25) is 0 Å². The van der Waals surface area contributed by atoms with Crippen molar-refractivity contribution >= 4 is 0 Å². The fraction of sp³-hybridized carbons (Fsp3) is 1.00. The standard InChI is InChI=1S/C7H12/c1-2-7-4-3-6(1)5-7/h6-7H,1-5H2/t6-,7+/i1D/t1-,6+,7-/m0/s1. The summed E-state index contributed by atoms with van der Waals surface area (Å²) in [4.78, 5) is 0. The fourth-order valence-corrected chi connectivity index (χ4v) is 1.93. The predicted molar refractivity (Wildman–Crippen MR) is 30.1 cm³/mol. The molecule has 0 heterocycles. The third-order valence-electron chi connectivity index (χ3n) is 2.38. The molecule has 0 saturated heterocycles. The van der Waals surface area contributed by atoms with Gasteiger partial charge in [0.05, 0.1) is 0 Å². The number of hydrogen-bond donors (Lipinski definition) is 0.